The second kappa shape index (κ2) is 14.9. The van der Waals surface area contributed by atoms with Crippen molar-refractivity contribution in [2.24, 2.45) is 5.41 Å². The first-order chi connectivity index (χ1) is 24.3. The molecule has 4 aromatic rings. The molecule has 1 aliphatic rings. The van der Waals surface area contributed by atoms with Crippen LogP contribution in [-0.4, -0.2) is 55.1 Å². The number of sulfonamides is 1. The average Bonchev–Trinajstić information content (AvgIpc) is 3.38. The summed E-state index contributed by atoms with van der Waals surface area (Å²) in [6, 6.07) is 15.7. The normalized spacial score (nSPS) is 20.4. The summed E-state index contributed by atoms with van der Waals surface area (Å²) >= 11 is 12.5. The van der Waals surface area contributed by atoms with Crippen molar-refractivity contribution >= 4 is 56.8 Å². The number of carboxylic acids is 2. The molecular weight excluding hydrogens is 739 g/mol. The standard InChI is InChI=1S/C37H35Cl2F2N3O7S/c1-36(2,3)18-29-37(26-15-12-22(38)17-28(26)40,19-42-52(50,51)24-7-4-6-21(16-24)35(48)49)30(25-8-5-9-27(39)31(25)41)32(44-29)33(45)43-23-13-10-20(11-14-23)34(46)47/h4-17,29-30,32,42,44H,18-19H2,1-3H3,(H,43,45)(H,46,47)(H,48,49)/t29-,30-,32+,37-/m0/s1. The number of carbonyl (C=O) groups excluding carboxylic acids is 1. The van der Waals surface area contributed by atoms with Gasteiger partial charge in [-0.2, -0.15) is 0 Å². The Kier molecular flexibility index (Phi) is 11.1. The molecule has 0 radical (unpaired) electrons. The fraction of sp³-hybridized carbons (Fsp3) is 0.270. The minimum Gasteiger partial charge on any atom is -0.478 e. The van der Waals surface area contributed by atoms with Gasteiger partial charge in [-0.1, -0.05) is 68.2 Å². The van der Waals surface area contributed by atoms with E-state index in [1.165, 1.54) is 72.8 Å². The minimum absolute atomic E-state index is 0.0282. The summed E-state index contributed by atoms with van der Waals surface area (Å²) in [5, 5.41) is 24.6. The van der Waals surface area contributed by atoms with E-state index < -0.39 is 74.9 Å². The van der Waals surface area contributed by atoms with Gasteiger partial charge in [-0.25, -0.2) is 31.5 Å². The van der Waals surface area contributed by atoms with E-state index in [9.17, 15) is 33.0 Å². The van der Waals surface area contributed by atoms with Crippen LogP contribution in [0.1, 0.15) is 65.0 Å². The van der Waals surface area contributed by atoms with E-state index in [1.807, 2.05) is 20.8 Å². The van der Waals surface area contributed by atoms with Gasteiger partial charge in [0.05, 0.1) is 27.1 Å². The van der Waals surface area contributed by atoms with Crippen LogP contribution in [0, 0.1) is 17.0 Å². The minimum atomic E-state index is -4.52. The summed E-state index contributed by atoms with van der Waals surface area (Å²) < 4.78 is 63.1. The molecule has 15 heteroatoms. The van der Waals surface area contributed by atoms with Crippen LogP contribution in [0.15, 0.2) is 89.8 Å². The molecule has 274 valence electrons. The second-order valence-corrected chi connectivity index (χ2v) is 16.4. The van der Waals surface area contributed by atoms with Crippen molar-refractivity contribution in [3.05, 3.63) is 129 Å². The van der Waals surface area contributed by atoms with Crippen molar-refractivity contribution < 1.29 is 41.8 Å². The predicted molar refractivity (Wildman–Crippen MR) is 193 cm³/mol. The maximum Gasteiger partial charge on any atom is 0.335 e. The summed E-state index contributed by atoms with van der Waals surface area (Å²) in [6.07, 6.45) is 0.209. The van der Waals surface area contributed by atoms with E-state index in [2.05, 4.69) is 15.4 Å². The summed E-state index contributed by atoms with van der Waals surface area (Å²) in [7, 11) is -4.52. The molecule has 0 aromatic heterocycles. The van der Waals surface area contributed by atoms with Gasteiger partial charge < -0.3 is 20.8 Å². The SMILES string of the molecule is CC(C)(C)C[C@@H]1N[C@@H](C(=O)Nc2ccc(C(=O)O)cc2)[C@H](c2cccc(Cl)c2F)[C@@]1(CNS(=O)(=O)c1cccc(C(=O)O)c1)c1ccc(Cl)cc1F. The molecule has 1 amide bonds. The lowest BCUT2D eigenvalue weighted by molar-refractivity contribution is -0.118. The number of anilines is 1. The molecule has 5 N–H and O–H groups in total. The van der Waals surface area contributed by atoms with Crippen LogP contribution in [0.5, 0.6) is 0 Å². The molecule has 4 atom stereocenters. The van der Waals surface area contributed by atoms with Gasteiger partial charge in [0.1, 0.15) is 11.6 Å². The van der Waals surface area contributed by atoms with Gasteiger partial charge in [0, 0.05) is 34.6 Å². The van der Waals surface area contributed by atoms with Gasteiger partial charge in [-0.05, 0) is 83.6 Å². The third-order valence-electron chi connectivity index (χ3n) is 9.08. The molecule has 0 saturated carbocycles. The molecule has 0 bridgehead atoms. The van der Waals surface area contributed by atoms with Crippen LogP contribution in [-0.2, 0) is 20.2 Å². The first kappa shape index (κ1) is 38.8. The first-order valence-corrected chi connectivity index (χ1v) is 18.2. The van der Waals surface area contributed by atoms with Crippen LogP contribution in [0.3, 0.4) is 0 Å². The van der Waals surface area contributed by atoms with E-state index in [4.69, 9.17) is 23.2 Å². The number of rotatable bonds is 11. The molecule has 0 spiro atoms. The van der Waals surface area contributed by atoms with Crippen molar-refractivity contribution in [1.29, 1.82) is 0 Å². The number of hydrogen-bond donors (Lipinski definition) is 5. The lowest BCUT2D eigenvalue weighted by atomic mass is 9.61. The lowest BCUT2D eigenvalue weighted by Crippen LogP contribution is -2.52. The Labute approximate surface area is 309 Å². The topological polar surface area (TPSA) is 162 Å². The molecule has 1 aliphatic heterocycles. The summed E-state index contributed by atoms with van der Waals surface area (Å²) in [6.45, 7) is 5.08. The number of halogens is 4. The third-order valence-corrected chi connectivity index (χ3v) is 11.0. The zero-order valence-electron chi connectivity index (χ0n) is 28.1. The maximum atomic E-state index is 16.5. The Morgan fingerprint density at radius 3 is 2.15 bits per heavy atom. The number of hydrogen-bond acceptors (Lipinski definition) is 6. The van der Waals surface area contributed by atoms with E-state index >= 15 is 8.78 Å². The van der Waals surface area contributed by atoms with Crippen LogP contribution < -0.4 is 15.4 Å². The van der Waals surface area contributed by atoms with Crippen LogP contribution in [0.4, 0.5) is 14.5 Å². The Balaban J connectivity index is 1.75. The van der Waals surface area contributed by atoms with Crippen molar-refractivity contribution in [2.45, 2.75) is 55.5 Å². The van der Waals surface area contributed by atoms with Gasteiger partial charge in [0.15, 0.2) is 0 Å². The highest BCUT2D eigenvalue weighted by Crippen LogP contribution is 2.53. The van der Waals surface area contributed by atoms with E-state index in [0.29, 0.717) is 0 Å². The van der Waals surface area contributed by atoms with Gasteiger partial charge >= 0.3 is 11.9 Å². The largest absolute Gasteiger partial charge is 0.478 e. The van der Waals surface area contributed by atoms with E-state index in [0.717, 1.165) is 12.1 Å². The molecule has 10 nitrogen and oxygen atoms in total. The first-order valence-electron chi connectivity index (χ1n) is 16.0. The van der Waals surface area contributed by atoms with Gasteiger partial charge in [0.2, 0.25) is 15.9 Å². The molecule has 0 aliphatic carbocycles. The quantitative estimate of drug-likeness (QED) is 0.108. The fourth-order valence-corrected chi connectivity index (χ4v) is 8.31. The molecule has 1 fully saturated rings. The van der Waals surface area contributed by atoms with Crippen molar-refractivity contribution in [3.8, 4) is 0 Å². The van der Waals surface area contributed by atoms with Crippen LogP contribution >= 0.6 is 23.2 Å². The van der Waals surface area contributed by atoms with Crippen molar-refractivity contribution in [3.63, 3.8) is 0 Å². The van der Waals surface area contributed by atoms with Crippen LogP contribution in [0.25, 0.3) is 0 Å². The number of benzene rings is 4. The molecule has 52 heavy (non-hydrogen) atoms. The van der Waals surface area contributed by atoms with Crippen molar-refractivity contribution in [2.75, 3.05) is 11.9 Å². The molecular formula is C37H35Cl2F2N3O7S. The lowest BCUT2D eigenvalue weighted by Gasteiger charge is -2.43. The maximum absolute atomic E-state index is 16.5. The highest BCUT2D eigenvalue weighted by atomic mass is 35.5. The number of aromatic carboxylic acids is 2. The average molecular weight is 775 g/mol. The Morgan fingerprint density at radius 1 is 0.885 bits per heavy atom. The monoisotopic (exact) mass is 773 g/mol. The summed E-state index contributed by atoms with van der Waals surface area (Å²) in [5.74, 6) is -6.35. The fourth-order valence-electron chi connectivity index (χ4n) is 6.83. The molecule has 5 rings (SSSR count). The zero-order valence-corrected chi connectivity index (χ0v) is 30.4. The predicted octanol–water partition coefficient (Wildman–Crippen LogP) is 7.08. The number of nitrogens with one attached hydrogen (secondary N) is 3. The Morgan fingerprint density at radius 2 is 1.54 bits per heavy atom. The van der Waals surface area contributed by atoms with Crippen LogP contribution in [0.2, 0.25) is 10.0 Å². The van der Waals surface area contributed by atoms with E-state index in [1.54, 1.807) is 0 Å². The Hall–Kier alpha value is -4.40. The smallest absolute Gasteiger partial charge is 0.335 e. The highest BCUT2D eigenvalue weighted by Gasteiger charge is 2.60. The number of carbonyl (C=O) groups is 3. The van der Waals surface area contributed by atoms with E-state index in [-0.39, 0.29) is 49.3 Å². The van der Waals surface area contributed by atoms with Gasteiger partial charge in [-0.15, -0.1) is 0 Å². The second-order valence-electron chi connectivity index (χ2n) is 13.8. The molecule has 1 saturated heterocycles. The number of amides is 1. The van der Waals surface area contributed by atoms with Gasteiger partial charge in [0.25, 0.3) is 0 Å². The molecule has 0 unspecified atom stereocenters. The molecule has 1 heterocycles. The molecule has 4 aromatic carbocycles. The van der Waals surface area contributed by atoms with Gasteiger partial charge in [-0.3, -0.25) is 4.79 Å². The summed E-state index contributed by atoms with van der Waals surface area (Å²) in [4.78, 5) is 37.1. The highest BCUT2D eigenvalue weighted by molar-refractivity contribution is 7.89. The van der Waals surface area contributed by atoms with Crippen molar-refractivity contribution in [1.82, 2.24) is 10.0 Å². The Bertz CT molecular complexity index is 2150. The number of carboxylic acid groups (broad SMARTS) is 2. The summed E-state index contributed by atoms with van der Waals surface area (Å²) in [5.41, 5.74) is -2.61. The third kappa shape index (κ3) is 7.98. The zero-order chi connectivity index (χ0) is 38.2.